The zero-order chi connectivity index (χ0) is 8.48. The largest absolute Gasteiger partial charge is 0.330 e. The highest BCUT2D eigenvalue weighted by Crippen LogP contribution is 2.43. The topological polar surface area (TPSA) is 26.0 Å². The summed E-state index contributed by atoms with van der Waals surface area (Å²) in [7, 11) is 0. The van der Waals surface area contributed by atoms with Gasteiger partial charge in [0.25, 0.3) is 0 Å². The van der Waals surface area contributed by atoms with Crippen molar-refractivity contribution < 1.29 is 0 Å². The SMILES string of the molecule is CC(C)C1CCC(C)(CN)C1. The van der Waals surface area contributed by atoms with Crippen LogP contribution in [0, 0.1) is 17.3 Å². The van der Waals surface area contributed by atoms with Gasteiger partial charge in [0.2, 0.25) is 0 Å². The van der Waals surface area contributed by atoms with Crippen molar-refractivity contribution in [1.82, 2.24) is 0 Å². The highest BCUT2D eigenvalue weighted by atomic mass is 14.6. The van der Waals surface area contributed by atoms with Gasteiger partial charge >= 0.3 is 0 Å². The summed E-state index contributed by atoms with van der Waals surface area (Å²) in [6, 6.07) is 0. The zero-order valence-electron chi connectivity index (χ0n) is 8.06. The van der Waals surface area contributed by atoms with Gasteiger partial charge in [-0.25, -0.2) is 0 Å². The molecule has 0 heterocycles. The molecule has 1 aliphatic carbocycles. The third-order valence-corrected chi connectivity index (χ3v) is 3.31. The van der Waals surface area contributed by atoms with Crippen molar-refractivity contribution in [2.75, 3.05) is 6.54 Å². The van der Waals surface area contributed by atoms with Gasteiger partial charge in [-0.15, -0.1) is 0 Å². The second-order valence-corrected chi connectivity index (χ2v) is 4.76. The van der Waals surface area contributed by atoms with Crippen molar-refractivity contribution in [3.05, 3.63) is 0 Å². The second-order valence-electron chi connectivity index (χ2n) is 4.76. The first-order valence-corrected chi connectivity index (χ1v) is 4.77. The van der Waals surface area contributed by atoms with Gasteiger partial charge < -0.3 is 5.73 Å². The Bertz CT molecular complexity index is 131. The quantitative estimate of drug-likeness (QED) is 0.651. The first-order chi connectivity index (χ1) is 5.07. The maximum Gasteiger partial charge on any atom is -0.00231 e. The van der Waals surface area contributed by atoms with Gasteiger partial charge in [-0.05, 0) is 43.1 Å². The Balaban J connectivity index is 2.46. The average Bonchev–Trinajstić information content (AvgIpc) is 2.33. The molecule has 66 valence electrons. The van der Waals surface area contributed by atoms with Crippen LogP contribution in [0.2, 0.25) is 0 Å². The van der Waals surface area contributed by atoms with Crippen LogP contribution in [0.5, 0.6) is 0 Å². The molecule has 1 heteroatoms. The lowest BCUT2D eigenvalue weighted by atomic mass is 9.85. The molecule has 1 rings (SSSR count). The third-order valence-electron chi connectivity index (χ3n) is 3.31. The highest BCUT2D eigenvalue weighted by Gasteiger charge is 2.34. The molecule has 2 N–H and O–H groups in total. The van der Waals surface area contributed by atoms with Gasteiger partial charge in [0.05, 0.1) is 0 Å². The van der Waals surface area contributed by atoms with Crippen LogP contribution < -0.4 is 5.73 Å². The molecule has 0 aromatic carbocycles. The number of hydrogen-bond donors (Lipinski definition) is 1. The Labute approximate surface area is 70.4 Å². The van der Waals surface area contributed by atoms with Crippen molar-refractivity contribution in [3.8, 4) is 0 Å². The molecule has 11 heavy (non-hydrogen) atoms. The van der Waals surface area contributed by atoms with Gasteiger partial charge in [-0.1, -0.05) is 20.8 Å². The van der Waals surface area contributed by atoms with Crippen LogP contribution in [-0.2, 0) is 0 Å². The van der Waals surface area contributed by atoms with Crippen LogP contribution in [0.15, 0.2) is 0 Å². The van der Waals surface area contributed by atoms with E-state index < -0.39 is 0 Å². The molecule has 0 saturated heterocycles. The predicted octanol–water partition coefficient (Wildman–Crippen LogP) is 2.41. The summed E-state index contributed by atoms with van der Waals surface area (Å²) in [5, 5.41) is 0. The molecule has 0 spiro atoms. The summed E-state index contributed by atoms with van der Waals surface area (Å²) >= 11 is 0. The molecule has 0 aromatic rings. The maximum atomic E-state index is 5.73. The normalized spacial score (nSPS) is 38.5. The monoisotopic (exact) mass is 155 g/mol. The third kappa shape index (κ3) is 1.96. The van der Waals surface area contributed by atoms with E-state index in [0.29, 0.717) is 5.41 Å². The van der Waals surface area contributed by atoms with Gasteiger partial charge in [0.15, 0.2) is 0 Å². The summed E-state index contributed by atoms with van der Waals surface area (Å²) in [5.41, 5.74) is 6.20. The van der Waals surface area contributed by atoms with E-state index in [9.17, 15) is 0 Å². The van der Waals surface area contributed by atoms with Gasteiger partial charge in [-0.2, -0.15) is 0 Å². The van der Waals surface area contributed by atoms with Crippen LogP contribution in [0.25, 0.3) is 0 Å². The van der Waals surface area contributed by atoms with Crippen molar-refractivity contribution in [2.24, 2.45) is 23.0 Å². The average molecular weight is 155 g/mol. The first-order valence-electron chi connectivity index (χ1n) is 4.77. The van der Waals surface area contributed by atoms with Crippen molar-refractivity contribution in [1.29, 1.82) is 0 Å². The van der Waals surface area contributed by atoms with Crippen LogP contribution >= 0.6 is 0 Å². The molecule has 1 saturated carbocycles. The summed E-state index contributed by atoms with van der Waals surface area (Å²) < 4.78 is 0. The van der Waals surface area contributed by atoms with Gasteiger partial charge in [0.1, 0.15) is 0 Å². The van der Waals surface area contributed by atoms with Crippen molar-refractivity contribution in [2.45, 2.75) is 40.0 Å². The molecule has 1 fully saturated rings. The molecule has 0 radical (unpaired) electrons. The Morgan fingerprint density at radius 3 is 2.45 bits per heavy atom. The summed E-state index contributed by atoms with van der Waals surface area (Å²) in [6.45, 7) is 7.85. The molecule has 0 aliphatic heterocycles. The van der Waals surface area contributed by atoms with E-state index in [1.165, 1.54) is 19.3 Å². The van der Waals surface area contributed by atoms with E-state index in [2.05, 4.69) is 20.8 Å². The molecular formula is C10H21N. The van der Waals surface area contributed by atoms with Crippen molar-refractivity contribution in [3.63, 3.8) is 0 Å². The standard InChI is InChI=1S/C10H21N/c1-8(2)9-4-5-10(3,6-9)7-11/h8-9H,4-7,11H2,1-3H3. The summed E-state index contributed by atoms with van der Waals surface area (Å²) in [4.78, 5) is 0. The minimum absolute atomic E-state index is 0.467. The lowest BCUT2D eigenvalue weighted by Gasteiger charge is -2.22. The lowest BCUT2D eigenvalue weighted by Crippen LogP contribution is -2.24. The molecule has 0 bridgehead atoms. The van der Waals surface area contributed by atoms with Crippen LogP contribution in [0.3, 0.4) is 0 Å². The zero-order valence-corrected chi connectivity index (χ0v) is 8.06. The van der Waals surface area contributed by atoms with Crippen LogP contribution in [-0.4, -0.2) is 6.54 Å². The minimum Gasteiger partial charge on any atom is -0.330 e. The van der Waals surface area contributed by atoms with Crippen LogP contribution in [0.4, 0.5) is 0 Å². The lowest BCUT2D eigenvalue weighted by molar-refractivity contribution is 0.304. The number of hydrogen-bond acceptors (Lipinski definition) is 1. The number of rotatable bonds is 2. The molecule has 0 aromatic heterocycles. The summed E-state index contributed by atoms with van der Waals surface area (Å²) in [6.07, 6.45) is 4.08. The molecule has 1 nitrogen and oxygen atoms in total. The van der Waals surface area contributed by atoms with E-state index in [4.69, 9.17) is 5.73 Å². The fourth-order valence-electron chi connectivity index (χ4n) is 2.13. The van der Waals surface area contributed by atoms with Crippen molar-refractivity contribution >= 4 is 0 Å². The smallest absolute Gasteiger partial charge is 0.00231 e. The highest BCUT2D eigenvalue weighted by molar-refractivity contribution is 4.87. The van der Waals surface area contributed by atoms with E-state index in [1.54, 1.807) is 0 Å². The fraction of sp³-hybridized carbons (Fsp3) is 1.00. The Kier molecular flexibility index (Phi) is 2.58. The maximum absolute atomic E-state index is 5.73. The Hall–Kier alpha value is -0.0400. The van der Waals surface area contributed by atoms with E-state index in [-0.39, 0.29) is 0 Å². The van der Waals surface area contributed by atoms with Gasteiger partial charge in [-0.3, -0.25) is 0 Å². The van der Waals surface area contributed by atoms with Gasteiger partial charge in [0, 0.05) is 0 Å². The van der Waals surface area contributed by atoms with Crippen LogP contribution in [0.1, 0.15) is 40.0 Å². The molecule has 2 unspecified atom stereocenters. The predicted molar refractivity (Wildman–Crippen MR) is 49.3 cm³/mol. The number of nitrogens with two attached hydrogens (primary N) is 1. The molecule has 0 amide bonds. The minimum atomic E-state index is 0.467. The Morgan fingerprint density at radius 2 is 2.18 bits per heavy atom. The molecular weight excluding hydrogens is 134 g/mol. The van der Waals surface area contributed by atoms with E-state index >= 15 is 0 Å². The summed E-state index contributed by atoms with van der Waals surface area (Å²) in [5.74, 6) is 1.78. The molecule has 1 aliphatic rings. The van der Waals surface area contributed by atoms with E-state index in [1.807, 2.05) is 0 Å². The Morgan fingerprint density at radius 1 is 1.55 bits per heavy atom. The molecule has 2 atom stereocenters. The second kappa shape index (κ2) is 3.14. The first kappa shape index (κ1) is 9.05. The fourth-order valence-corrected chi connectivity index (χ4v) is 2.13. The van der Waals surface area contributed by atoms with E-state index in [0.717, 1.165) is 18.4 Å².